The van der Waals surface area contributed by atoms with E-state index >= 15 is 0 Å². The Labute approximate surface area is 169 Å². The van der Waals surface area contributed by atoms with E-state index in [1.807, 2.05) is 0 Å². The highest BCUT2D eigenvalue weighted by molar-refractivity contribution is 7.92. The molecular formula is C20H22N4O4S. The van der Waals surface area contributed by atoms with Crippen LogP contribution in [0, 0.1) is 13.8 Å². The van der Waals surface area contributed by atoms with Crippen molar-refractivity contribution < 1.29 is 17.9 Å². The lowest BCUT2D eigenvalue weighted by molar-refractivity contribution is 0.102. The van der Waals surface area contributed by atoms with Gasteiger partial charge in [0.1, 0.15) is 10.6 Å². The Morgan fingerprint density at radius 2 is 1.72 bits per heavy atom. The molecule has 3 aromatic rings. The number of carbonyl (C=O) groups is 1. The van der Waals surface area contributed by atoms with Gasteiger partial charge in [0.05, 0.1) is 24.2 Å². The summed E-state index contributed by atoms with van der Waals surface area (Å²) in [5, 5.41) is 6.92. The molecule has 1 amide bonds. The predicted octanol–water partition coefficient (Wildman–Crippen LogP) is 3.10. The van der Waals surface area contributed by atoms with Crippen LogP contribution in [0.3, 0.4) is 0 Å². The molecule has 3 rings (SSSR count). The molecule has 0 radical (unpaired) electrons. The highest BCUT2D eigenvalue weighted by Gasteiger charge is 2.24. The van der Waals surface area contributed by atoms with Crippen molar-refractivity contribution in [3.8, 4) is 5.75 Å². The van der Waals surface area contributed by atoms with E-state index in [9.17, 15) is 13.2 Å². The van der Waals surface area contributed by atoms with Gasteiger partial charge in [-0.2, -0.15) is 5.10 Å². The quantitative estimate of drug-likeness (QED) is 0.645. The summed E-state index contributed by atoms with van der Waals surface area (Å²) in [7, 11) is -0.579. The zero-order valence-electron chi connectivity index (χ0n) is 16.6. The minimum Gasteiger partial charge on any atom is -0.495 e. The fourth-order valence-electron chi connectivity index (χ4n) is 2.98. The number of carbonyl (C=O) groups excluding carboxylic acids is 1. The van der Waals surface area contributed by atoms with Crippen molar-refractivity contribution in [2.45, 2.75) is 18.7 Å². The highest BCUT2D eigenvalue weighted by Crippen LogP contribution is 2.25. The molecule has 1 heterocycles. The fourth-order valence-corrected chi connectivity index (χ4v) is 4.48. The number of nitrogens with one attached hydrogen (secondary N) is 2. The van der Waals surface area contributed by atoms with Gasteiger partial charge in [-0.25, -0.2) is 8.42 Å². The molecule has 0 aliphatic carbocycles. The van der Waals surface area contributed by atoms with Gasteiger partial charge in [-0.3, -0.25) is 14.2 Å². The molecule has 29 heavy (non-hydrogen) atoms. The Balaban J connectivity index is 1.77. The lowest BCUT2D eigenvalue weighted by atomic mass is 10.2. The largest absolute Gasteiger partial charge is 0.495 e. The maximum Gasteiger partial charge on any atom is 0.265 e. The first-order valence-electron chi connectivity index (χ1n) is 8.80. The number of aromatic nitrogens is 2. The summed E-state index contributed by atoms with van der Waals surface area (Å²) in [4.78, 5) is 12.6. The van der Waals surface area contributed by atoms with E-state index in [2.05, 4.69) is 15.1 Å². The molecular weight excluding hydrogens is 392 g/mol. The molecule has 0 unspecified atom stereocenters. The van der Waals surface area contributed by atoms with Crippen LogP contribution >= 0.6 is 0 Å². The minimum absolute atomic E-state index is 0.151. The fraction of sp³-hybridized carbons (Fsp3) is 0.200. The van der Waals surface area contributed by atoms with Gasteiger partial charge in [0.15, 0.2) is 0 Å². The third-order valence-corrected chi connectivity index (χ3v) is 6.10. The molecule has 0 spiro atoms. The number of methoxy groups -OCH3 is 1. The number of aryl methyl sites for hydroxylation is 2. The van der Waals surface area contributed by atoms with Gasteiger partial charge in [0.25, 0.3) is 15.9 Å². The van der Waals surface area contributed by atoms with Gasteiger partial charge in [-0.05, 0) is 50.2 Å². The normalized spacial score (nSPS) is 11.2. The first kappa shape index (κ1) is 20.4. The maximum atomic E-state index is 12.7. The predicted molar refractivity (Wildman–Crippen MR) is 111 cm³/mol. The summed E-state index contributed by atoms with van der Waals surface area (Å²) in [6.45, 7) is 3.34. The highest BCUT2D eigenvalue weighted by atomic mass is 32.2. The third-order valence-electron chi connectivity index (χ3n) is 4.47. The van der Waals surface area contributed by atoms with Crippen molar-refractivity contribution in [3.63, 3.8) is 0 Å². The topological polar surface area (TPSA) is 102 Å². The van der Waals surface area contributed by atoms with Gasteiger partial charge in [0.2, 0.25) is 0 Å². The second-order valence-corrected chi connectivity index (χ2v) is 8.08. The zero-order valence-corrected chi connectivity index (χ0v) is 17.4. The number of nitrogens with zero attached hydrogens (tertiary/aromatic N) is 2. The van der Waals surface area contributed by atoms with E-state index in [-0.39, 0.29) is 10.8 Å². The Kier molecular flexibility index (Phi) is 5.60. The van der Waals surface area contributed by atoms with Crippen molar-refractivity contribution in [3.05, 3.63) is 65.5 Å². The van der Waals surface area contributed by atoms with E-state index in [0.29, 0.717) is 34.1 Å². The van der Waals surface area contributed by atoms with E-state index in [0.717, 1.165) is 0 Å². The average molecular weight is 414 g/mol. The summed E-state index contributed by atoms with van der Waals surface area (Å²) in [6.07, 6.45) is 0. The number of ether oxygens (including phenoxy) is 1. The summed E-state index contributed by atoms with van der Waals surface area (Å²) < 4.78 is 34.7. The van der Waals surface area contributed by atoms with Gasteiger partial charge in [0, 0.05) is 18.3 Å². The molecule has 0 saturated heterocycles. The molecule has 8 nitrogen and oxygen atoms in total. The Bertz CT molecular complexity index is 1150. The van der Waals surface area contributed by atoms with E-state index in [1.165, 1.54) is 23.9 Å². The molecule has 0 bridgehead atoms. The number of benzene rings is 2. The van der Waals surface area contributed by atoms with Crippen molar-refractivity contribution in [1.29, 1.82) is 0 Å². The summed E-state index contributed by atoms with van der Waals surface area (Å²) in [5.74, 6) is 0.218. The standard InChI is InChI=1S/C20H22N4O4S/c1-13-19(14(2)24(3)22-13)29(26,27)23-16-11-9-15(10-12-16)20(25)21-17-7-5-6-8-18(17)28-4/h5-12,23H,1-4H3,(H,21,25). The number of hydrogen-bond acceptors (Lipinski definition) is 5. The number of rotatable bonds is 6. The molecule has 2 N–H and O–H groups in total. The van der Waals surface area contributed by atoms with Crippen molar-refractivity contribution >= 4 is 27.3 Å². The maximum absolute atomic E-state index is 12.7. The van der Waals surface area contributed by atoms with Gasteiger partial charge < -0.3 is 10.1 Å². The summed E-state index contributed by atoms with van der Waals surface area (Å²) in [5.41, 5.74) is 2.24. The van der Waals surface area contributed by atoms with Gasteiger partial charge in [-0.1, -0.05) is 12.1 Å². The lowest BCUT2D eigenvalue weighted by Gasteiger charge is -2.11. The lowest BCUT2D eigenvalue weighted by Crippen LogP contribution is -2.15. The van der Waals surface area contributed by atoms with Crippen LogP contribution in [-0.2, 0) is 17.1 Å². The van der Waals surface area contributed by atoms with Crippen LogP contribution in [0.4, 0.5) is 11.4 Å². The molecule has 9 heteroatoms. The van der Waals surface area contributed by atoms with Crippen molar-refractivity contribution in [1.82, 2.24) is 9.78 Å². The van der Waals surface area contributed by atoms with Crippen LogP contribution < -0.4 is 14.8 Å². The van der Waals surface area contributed by atoms with Gasteiger partial charge >= 0.3 is 0 Å². The molecule has 152 valence electrons. The Morgan fingerprint density at radius 1 is 1.07 bits per heavy atom. The third kappa shape index (κ3) is 4.24. The molecule has 1 aromatic heterocycles. The minimum atomic E-state index is -3.79. The van der Waals surface area contributed by atoms with E-state index < -0.39 is 10.0 Å². The van der Waals surface area contributed by atoms with Crippen molar-refractivity contribution in [2.75, 3.05) is 17.1 Å². The SMILES string of the molecule is COc1ccccc1NC(=O)c1ccc(NS(=O)(=O)c2c(C)nn(C)c2C)cc1. The zero-order chi connectivity index (χ0) is 21.2. The Hall–Kier alpha value is -3.33. The van der Waals surface area contributed by atoms with E-state index in [4.69, 9.17) is 4.74 Å². The van der Waals surface area contributed by atoms with Crippen LogP contribution in [-0.4, -0.2) is 31.2 Å². The van der Waals surface area contributed by atoms with E-state index in [1.54, 1.807) is 57.3 Å². The second kappa shape index (κ2) is 7.96. The Morgan fingerprint density at radius 3 is 2.31 bits per heavy atom. The van der Waals surface area contributed by atoms with Gasteiger partial charge in [-0.15, -0.1) is 0 Å². The summed E-state index contributed by atoms with van der Waals surface area (Å²) >= 11 is 0. The first-order chi connectivity index (χ1) is 13.7. The van der Waals surface area contributed by atoms with Crippen LogP contribution in [0.1, 0.15) is 21.7 Å². The average Bonchev–Trinajstić information content (AvgIpc) is 2.94. The van der Waals surface area contributed by atoms with Crippen molar-refractivity contribution in [2.24, 2.45) is 7.05 Å². The number of amides is 1. The number of sulfonamides is 1. The van der Waals surface area contributed by atoms with Crippen LogP contribution in [0.2, 0.25) is 0 Å². The molecule has 0 fully saturated rings. The second-order valence-electron chi connectivity index (χ2n) is 6.46. The first-order valence-corrected chi connectivity index (χ1v) is 10.3. The smallest absolute Gasteiger partial charge is 0.265 e. The molecule has 2 aromatic carbocycles. The van der Waals surface area contributed by atoms with Crippen LogP contribution in [0.25, 0.3) is 0 Å². The van der Waals surface area contributed by atoms with Crippen LogP contribution in [0.5, 0.6) is 5.75 Å². The molecule has 0 atom stereocenters. The monoisotopic (exact) mass is 414 g/mol. The molecule has 0 saturated carbocycles. The number of para-hydroxylation sites is 2. The summed E-state index contributed by atoms with van der Waals surface area (Å²) in [6, 6.07) is 13.2. The molecule has 0 aliphatic heterocycles. The van der Waals surface area contributed by atoms with Crippen LogP contribution in [0.15, 0.2) is 53.4 Å². The number of hydrogen-bond donors (Lipinski definition) is 2. The number of anilines is 2. The molecule has 0 aliphatic rings.